The van der Waals surface area contributed by atoms with Gasteiger partial charge in [-0.3, -0.25) is 4.79 Å². The summed E-state index contributed by atoms with van der Waals surface area (Å²) in [6.45, 7) is 10.6. The number of fused-ring (bicyclic) bond motifs is 1. The molecule has 1 aliphatic heterocycles. The Morgan fingerprint density at radius 2 is 2.04 bits per heavy atom. The molecule has 6 heteroatoms. The highest BCUT2D eigenvalue weighted by Crippen LogP contribution is 2.23. The van der Waals surface area contributed by atoms with Gasteiger partial charge in [0.15, 0.2) is 0 Å². The van der Waals surface area contributed by atoms with Crippen molar-refractivity contribution < 1.29 is 14.6 Å². The molecule has 0 aliphatic carbocycles. The van der Waals surface area contributed by atoms with E-state index < -0.39 is 0 Å². The summed E-state index contributed by atoms with van der Waals surface area (Å²) in [5, 5.41) is 5.14. The predicted molar refractivity (Wildman–Crippen MR) is 94.5 cm³/mol. The largest absolute Gasteiger partial charge is 0.351 e. The van der Waals surface area contributed by atoms with Gasteiger partial charge in [0.05, 0.1) is 23.3 Å². The fraction of sp³-hybridized carbons (Fsp3) is 0.588. The van der Waals surface area contributed by atoms with Crippen LogP contribution >= 0.6 is 11.3 Å². The molecule has 3 rings (SSSR count). The highest BCUT2D eigenvalue weighted by atomic mass is 32.1. The summed E-state index contributed by atoms with van der Waals surface area (Å²) < 4.78 is 3.16. The monoisotopic (exact) mass is 336 g/mol. The van der Waals surface area contributed by atoms with Gasteiger partial charge in [0.2, 0.25) is 0 Å². The predicted octanol–water partition coefficient (Wildman–Crippen LogP) is -0.837. The Morgan fingerprint density at radius 1 is 1.30 bits per heavy atom. The number of rotatable bonds is 6. The lowest BCUT2D eigenvalue weighted by molar-refractivity contribution is -1.01. The second-order valence-corrected chi connectivity index (χ2v) is 7.42. The molecule has 5 nitrogen and oxygen atoms in total. The Kier molecular flexibility index (Phi) is 5.35. The van der Waals surface area contributed by atoms with E-state index in [0.29, 0.717) is 0 Å². The number of thiophene rings is 1. The van der Waals surface area contributed by atoms with Crippen molar-refractivity contribution in [3.63, 3.8) is 0 Å². The lowest BCUT2D eigenvalue weighted by Gasteiger charge is -2.28. The molecule has 0 spiro atoms. The van der Waals surface area contributed by atoms with Crippen LogP contribution in [0.4, 0.5) is 0 Å². The summed E-state index contributed by atoms with van der Waals surface area (Å²) in [6.07, 6.45) is 1.06. The molecule has 0 unspecified atom stereocenters. The molecule has 1 aliphatic rings. The number of nitrogens with zero attached hydrogens (tertiary/aromatic N) is 1. The molecule has 1 amide bonds. The van der Waals surface area contributed by atoms with E-state index in [0.717, 1.165) is 24.2 Å². The molecule has 0 aromatic carbocycles. The van der Waals surface area contributed by atoms with Crippen LogP contribution in [0.15, 0.2) is 17.5 Å². The zero-order valence-electron chi connectivity index (χ0n) is 14.2. The van der Waals surface area contributed by atoms with Gasteiger partial charge in [-0.05, 0) is 24.4 Å². The quantitative estimate of drug-likeness (QED) is 0.592. The van der Waals surface area contributed by atoms with E-state index in [9.17, 15) is 4.79 Å². The molecule has 126 valence electrons. The van der Waals surface area contributed by atoms with Crippen molar-refractivity contribution in [2.45, 2.75) is 13.3 Å². The number of piperazine rings is 1. The second kappa shape index (κ2) is 7.47. The zero-order valence-corrected chi connectivity index (χ0v) is 15.0. The maximum atomic E-state index is 12.3. The van der Waals surface area contributed by atoms with Crippen LogP contribution in [0, 0.1) is 0 Å². The van der Waals surface area contributed by atoms with Gasteiger partial charge in [0, 0.05) is 20.0 Å². The Balaban J connectivity index is 1.41. The molecule has 0 saturated carbocycles. The van der Waals surface area contributed by atoms with Gasteiger partial charge in [0.1, 0.15) is 31.9 Å². The SMILES string of the molecule is CC[NH+]1CC[NH+](CCCNC(=O)c2cc3sccc3n2C)CC1. The van der Waals surface area contributed by atoms with Crippen molar-refractivity contribution in [3.05, 3.63) is 23.2 Å². The number of aryl methyl sites for hydroxylation is 1. The average molecular weight is 337 g/mol. The first-order chi connectivity index (χ1) is 11.2. The lowest BCUT2D eigenvalue weighted by atomic mass is 10.3. The summed E-state index contributed by atoms with van der Waals surface area (Å²) in [5.41, 5.74) is 1.90. The fourth-order valence-corrected chi connectivity index (χ4v) is 4.31. The maximum absolute atomic E-state index is 12.3. The van der Waals surface area contributed by atoms with Gasteiger partial charge in [-0.25, -0.2) is 0 Å². The smallest absolute Gasteiger partial charge is 0.267 e. The Hall–Kier alpha value is -1.37. The summed E-state index contributed by atoms with van der Waals surface area (Å²) in [7, 11) is 1.96. The Morgan fingerprint density at radius 3 is 2.74 bits per heavy atom. The van der Waals surface area contributed by atoms with E-state index in [4.69, 9.17) is 0 Å². The lowest BCUT2D eigenvalue weighted by Crippen LogP contribution is -3.28. The van der Waals surface area contributed by atoms with E-state index in [-0.39, 0.29) is 5.91 Å². The van der Waals surface area contributed by atoms with E-state index >= 15 is 0 Å². The van der Waals surface area contributed by atoms with Crippen LogP contribution in [0.3, 0.4) is 0 Å². The third-order valence-corrected chi connectivity index (χ3v) is 5.91. The van der Waals surface area contributed by atoms with Crippen LogP contribution in [0.5, 0.6) is 0 Å². The molecule has 0 bridgehead atoms. The summed E-state index contributed by atoms with van der Waals surface area (Å²) >= 11 is 1.68. The van der Waals surface area contributed by atoms with Crippen LogP contribution in [0.25, 0.3) is 10.2 Å². The number of amides is 1. The summed E-state index contributed by atoms with van der Waals surface area (Å²) in [6, 6.07) is 4.06. The van der Waals surface area contributed by atoms with Crippen molar-refractivity contribution in [2.75, 3.05) is 45.8 Å². The van der Waals surface area contributed by atoms with Crippen molar-refractivity contribution in [1.29, 1.82) is 0 Å². The van der Waals surface area contributed by atoms with E-state index in [1.165, 1.54) is 44.0 Å². The number of hydrogen-bond donors (Lipinski definition) is 3. The van der Waals surface area contributed by atoms with Crippen LogP contribution in [-0.4, -0.2) is 56.3 Å². The standard InChI is InChI=1S/C17H26N4OS/c1-3-20-8-10-21(11-9-20)7-4-6-18-17(22)15-13-16-14(19(15)2)5-12-23-16/h5,12-13H,3-4,6-11H2,1-2H3,(H,18,22)/p+2. The highest BCUT2D eigenvalue weighted by molar-refractivity contribution is 7.17. The van der Waals surface area contributed by atoms with Gasteiger partial charge in [-0.2, -0.15) is 0 Å². The van der Waals surface area contributed by atoms with Gasteiger partial charge in [0.25, 0.3) is 5.91 Å². The first-order valence-electron chi connectivity index (χ1n) is 8.67. The van der Waals surface area contributed by atoms with Crippen molar-refractivity contribution in [3.8, 4) is 0 Å². The number of carbonyl (C=O) groups excluding carboxylic acids is 1. The zero-order chi connectivity index (χ0) is 16.2. The fourth-order valence-electron chi connectivity index (χ4n) is 3.46. The molecule has 0 radical (unpaired) electrons. The minimum absolute atomic E-state index is 0.0474. The van der Waals surface area contributed by atoms with Crippen LogP contribution in [0.1, 0.15) is 23.8 Å². The van der Waals surface area contributed by atoms with Crippen molar-refractivity contribution >= 4 is 27.5 Å². The molecule has 3 N–H and O–H groups in total. The topological polar surface area (TPSA) is 42.9 Å². The Bertz CT molecular complexity index is 655. The molecule has 3 heterocycles. The number of aromatic nitrogens is 1. The number of hydrogen-bond acceptors (Lipinski definition) is 2. The van der Waals surface area contributed by atoms with Crippen LogP contribution in [-0.2, 0) is 7.05 Å². The number of quaternary nitrogens is 2. The van der Waals surface area contributed by atoms with E-state index in [1.807, 2.05) is 17.7 Å². The molecular formula is C17H28N4OS+2. The minimum Gasteiger partial charge on any atom is -0.351 e. The molecule has 0 atom stereocenters. The minimum atomic E-state index is 0.0474. The molecule has 1 fully saturated rings. The summed E-state index contributed by atoms with van der Waals surface area (Å²) in [5.74, 6) is 0.0474. The average Bonchev–Trinajstić information content (AvgIpc) is 3.15. The van der Waals surface area contributed by atoms with Gasteiger partial charge >= 0.3 is 0 Å². The maximum Gasteiger partial charge on any atom is 0.267 e. The van der Waals surface area contributed by atoms with E-state index in [2.05, 4.69) is 23.7 Å². The molecule has 2 aromatic heterocycles. The third kappa shape index (κ3) is 3.76. The number of likely N-dealkylation sites (N-methyl/N-ethyl adjacent to an activating group) is 1. The molecule has 1 saturated heterocycles. The van der Waals surface area contributed by atoms with Crippen LogP contribution < -0.4 is 15.1 Å². The van der Waals surface area contributed by atoms with Crippen molar-refractivity contribution in [1.82, 2.24) is 9.88 Å². The van der Waals surface area contributed by atoms with E-state index in [1.54, 1.807) is 21.1 Å². The van der Waals surface area contributed by atoms with Gasteiger partial charge in [-0.1, -0.05) is 0 Å². The first kappa shape index (κ1) is 16.5. The Labute approximate surface area is 141 Å². The second-order valence-electron chi connectivity index (χ2n) is 6.47. The first-order valence-corrected chi connectivity index (χ1v) is 9.55. The van der Waals surface area contributed by atoms with Crippen LogP contribution in [0.2, 0.25) is 0 Å². The number of carbonyl (C=O) groups is 1. The normalized spacial score (nSPS) is 21.7. The molecular weight excluding hydrogens is 308 g/mol. The number of nitrogens with one attached hydrogen (secondary N) is 3. The molecule has 2 aromatic rings. The van der Waals surface area contributed by atoms with Gasteiger partial charge in [-0.15, -0.1) is 11.3 Å². The summed E-state index contributed by atoms with van der Waals surface area (Å²) in [4.78, 5) is 15.7. The van der Waals surface area contributed by atoms with Gasteiger partial charge < -0.3 is 19.7 Å². The van der Waals surface area contributed by atoms with Crippen molar-refractivity contribution in [2.24, 2.45) is 7.05 Å². The highest BCUT2D eigenvalue weighted by Gasteiger charge is 2.21. The molecule has 23 heavy (non-hydrogen) atoms. The third-order valence-electron chi connectivity index (χ3n) is 5.05.